The van der Waals surface area contributed by atoms with Crippen LogP contribution in [-0.4, -0.2) is 28.3 Å². The van der Waals surface area contributed by atoms with Crippen LogP contribution in [0.5, 0.6) is 0 Å². The summed E-state index contributed by atoms with van der Waals surface area (Å²) in [5, 5.41) is 3.93. The van der Waals surface area contributed by atoms with Gasteiger partial charge in [0.2, 0.25) is 11.8 Å². The molecule has 0 saturated carbocycles. The Morgan fingerprint density at radius 3 is 2.09 bits per heavy atom. The lowest BCUT2D eigenvalue weighted by Crippen LogP contribution is -2.54. The van der Waals surface area contributed by atoms with Gasteiger partial charge in [-0.3, -0.25) is 9.59 Å². The zero-order chi connectivity index (χ0) is 25.6. The number of benzene rings is 3. The van der Waals surface area contributed by atoms with Crippen molar-refractivity contribution < 1.29 is 9.59 Å². The van der Waals surface area contributed by atoms with Crippen molar-refractivity contribution >= 4 is 35.0 Å². The normalized spacial score (nSPS) is 12.2. The van der Waals surface area contributed by atoms with Crippen LogP contribution in [-0.2, 0) is 29.0 Å². The molecule has 0 bridgehead atoms. The van der Waals surface area contributed by atoms with E-state index in [0.29, 0.717) is 22.0 Å². The number of rotatable bonds is 8. The Balaban J connectivity index is 2.03. The maximum atomic E-state index is 13.8. The van der Waals surface area contributed by atoms with Crippen molar-refractivity contribution in [3.8, 4) is 0 Å². The van der Waals surface area contributed by atoms with Gasteiger partial charge in [0.15, 0.2) is 0 Å². The fourth-order valence-electron chi connectivity index (χ4n) is 3.97. The molecule has 6 heteroatoms. The summed E-state index contributed by atoms with van der Waals surface area (Å²) in [5.41, 5.74) is 3.12. The topological polar surface area (TPSA) is 49.4 Å². The lowest BCUT2D eigenvalue weighted by atomic mass is 9.99. The van der Waals surface area contributed by atoms with Gasteiger partial charge in [-0.25, -0.2) is 0 Å². The van der Waals surface area contributed by atoms with Gasteiger partial charge in [-0.2, -0.15) is 0 Å². The number of carbonyl (C=O) groups excluding carboxylic acids is 2. The highest BCUT2D eigenvalue weighted by Crippen LogP contribution is 2.26. The van der Waals surface area contributed by atoms with Gasteiger partial charge in [-0.1, -0.05) is 89.4 Å². The van der Waals surface area contributed by atoms with Crippen LogP contribution in [0.2, 0.25) is 10.0 Å². The average Bonchev–Trinajstić information content (AvgIpc) is 2.78. The lowest BCUT2D eigenvalue weighted by molar-refractivity contribution is -0.141. The molecule has 184 valence electrons. The Kier molecular flexibility index (Phi) is 8.98. The molecule has 0 fully saturated rings. The molecule has 0 radical (unpaired) electrons. The Bertz CT molecular complexity index is 1150. The molecule has 3 rings (SSSR count). The summed E-state index contributed by atoms with van der Waals surface area (Å²) in [4.78, 5) is 29.1. The molecular weight excluding hydrogens is 479 g/mol. The van der Waals surface area contributed by atoms with E-state index in [1.165, 1.54) is 0 Å². The van der Waals surface area contributed by atoms with Crippen LogP contribution < -0.4 is 5.32 Å². The molecule has 0 aliphatic heterocycles. The number of halogens is 2. The smallest absolute Gasteiger partial charge is 0.243 e. The third-order valence-corrected chi connectivity index (χ3v) is 6.30. The molecule has 0 aliphatic carbocycles. The number of carbonyl (C=O) groups is 2. The minimum atomic E-state index is -0.717. The van der Waals surface area contributed by atoms with Crippen molar-refractivity contribution in [2.24, 2.45) is 0 Å². The van der Waals surface area contributed by atoms with Crippen LogP contribution >= 0.6 is 23.2 Å². The molecule has 0 saturated heterocycles. The number of nitrogens with zero attached hydrogens (tertiary/aromatic N) is 1. The number of amides is 2. The van der Waals surface area contributed by atoms with E-state index in [0.717, 1.165) is 16.7 Å². The molecule has 0 unspecified atom stereocenters. The number of hydrogen-bond acceptors (Lipinski definition) is 2. The van der Waals surface area contributed by atoms with Crippen molar-refractivity contribution in [1.29, 1.82) is 0 Å². The van der Waals surface area contributed by atoms with Crippen LogP contribution in [0.25, 0.3) is 0 Å². The van der Waals surface area contributed by atoms with Crippen LogP contribution in [0, 0.1) is 6.92 Å². The van der Waals surface area contributed by atoms with E-state index < -0.39 is 11.6 Å². The molecule has 4 nitrogen and oxygen atoms in total. The second-order valence-corrected chi connectivity index (χ2v) is 10.6. The second-order valence-electron chi connectivity index (χ2n) is 9.83. The van der Waals surface area contributed by atoms with Gasteiger partial charge < -0.3 is 10.2 Å². The fraction of sp³-hybridized carbons (Fsp3) is 0.310. The van der Waals surface area contributed by atoms with Crippen LogP contribution in [0.4, 0.5) is 0 Å². The molecule has 1 atom stereocenters. The van der Waals surface area contributed by atoms with Gasteiger partial charge >= 0.3 is 0 Å². The van der Waals surface area contributed by atoms with Gasteiger partial charge in [0, 0.05) is 28.5 Å². The molecule has 0 aromatic heterocycles. The van der Waals surface area contributed by atoms with Crippen LogP contribution in [0.15, 0.2) is 72.8 Å². The first-order valence-electron chi connectivity index (χ1n) is 11.7. The predicted molar refractivity (Wildman–Crippen MR) is 144 cm³/mol. The SMILES string of the molecule is Cc1cccc(CN(C(=O)Cc2c(Cl)cccc2Cl)[C@H](Cc2ccccc2)C(=O)NC(C)(C)C)c1. The molecule has 0 spiro atoms. The fourth-order valence-corrected chi connectivity index (χ4v) is 4.50. The van der Waals surface area contributed by atoms with Crippen molar-refractivity contribution in [3.63, 3.8) is 0 Å². The van der Waals surface area contributed by atoms with E-state index in [1.54, 1.807) is 23.1 Å². The highest BCUT2D eigenvalue weighted by molar-refractivity contribution is 6.36. The van der Waals surface area contributed by atoms with E-state index in [1.807, 2.05) is 82.3 Å². The summed E-state index contributed by atoms with van der Waals surface area (Å²) in [7, 11) is 0. The number of nitrogens with one attached hydrogen (secondary N) is 1. The molecule has 1 N–H and O–H groups in total. The summed E-state index contributed by atoms with van der Waals surface area (Å²) in [6, 6.07) is 22.2. The van der Waals surface area contributed by atoms with Crippen molar-refractivity contribution in [2.45, 2.75) is 58.7 Å². The average molecular weight is 511 g/mol. The van der Waals surface area contributed by atoms with Gasteiger partial charge in [-0.15, -0.1) is 0 Å². The molecule has 3 aromatic carbocycles. The van der Waals surface area contributed by atoms with Crippen molar-refractivity contribution in [1.82, 2.24) is 10.2 Å². The quantitative estimate of drug-likeness (QED) is 0.381. The largest absolute Gasteiger partial charge is 0.350 e. The highest BCUT2D eigenvalue weighted by atomic mass is 35.5. The monoisotopic (exact) mass is 510 g/mol. The Morgan fingerprint density at radius 2 is 1.49 bits per heavy atom. The molecule has 3 aromatic rings. The Hall–Kier alpha value is -2.82. The number of hydrogen-bond donors (Lipinski definition) is 1. The van der Waals surface area contributed by atoms with Gasteiger partial charge in [0.05, 0.1) is 6.42 Å². The van der Waals surface area contributed by atoms with Crippen LogP contribution in [0.1, 0.15) is 43.0 Å². The lowest BCUT2D eigenvalue weighted by Gasteiger charge is -2.34. The predicted octanol–water partition coefficient (Wildman–Crippen LogP) is 6.40. The zero-order valence-corrected chi connectivity index (χ0v) is 22.2. The summed E-state index contributed by atoms with van der Waals surface area (Å²) in [5.74, 6) is -0.417. The summed E-state index contributed by atoms with van der Waals surface area (Å²) in [6.45, 7) is 8.09. The number of aryl methyl sites for hydroxylation is 1. The van der Waals surface area contributed by atoms with Gasteiger partial charge in [0.1, 0.15) is 6.04 Å². The summed E-state index contributed by atoms with van der Waals surface area (Å²) in [6.07, 6.45) is 0.384. The molecule has 35 heavy (non-hydrogen) atoms. The summed E-state index contributed by atoms with van der Waals surface area (Å²) < 4.78 is 0. The van der Waals surface area contributed by atoms with Gasteiger partial charge in [0.25, 0.3) is 0 Å². The third-order valence-electron chi connectivity index (χ3n) is 5.59. The molecule has 2 amide bonds. The minimum absolute atomic E-state index is 0.00158. The highest BCUT2D eigenvalue weighted by Gasteiger charge is 2.32. The van der Waals surface area contributed by atoms with Crippen molar-refractivity contribution in [3.05, 3.63) is 105 Å². The standard InChI is InChI=1S/C29H32Cl2N2O2/c1-20-10-8-13-22(16-20)19-33(27(34)18-23-24(30)14-9-15-25(23)31)26(28(35)32-29(2,3)4)17-21-11-6-5-7-12-21/h5-16,26H,17-19H2,1-4H3,(H,32,35)/t26-/m1/s1. The first-order chi connectivity index (χ1) is 16.5. The minimum Gasteiger partial charge on any atom is -0.350 e. The van der Waals surface area contributed by atoms with E-state index in [9.17, 15) is 9.59 Å². The van der Waals surface area contributed by atoms with E-state index in [-0.39, 0.29) is 24.8 Å². The molecule has 0 heterocycles. The second kappa shape index (κ2) is 11.7. The molecule has 0 aliphatic rings. The van der Waals surface area contributed by atoms with E-state index in [2.05, 4.69) is 5.32 Å². The van der Waals surface area contributed by atoms with Crippen LogP contribution in [0.3, 0.4) is 0 Å². The maximum absolute atomic E-state index is 13.8. The first kappa shape index (κ1) is 26.8. The first-order valence-corrected chi connectivity index (χ1v) is 12.4. The molecular formula is C29H32Cl2N2O2. The van der Waals surface area contributed by atoms with E-state index in [4.69, 9.17) is 23.2 Å². The van der Waals surface area contributed by atoms with E-state index >= 15 is 0 Å². The van der Waals surface area contributed by atoms with Crippen molar-refractivity contribution in [2.75, 3.05) is 0 Å². The maximum Gasteiger partial charge on any atom is 0.243 e. The summed E-state index contributed by atoms with van der Waals surface area (Å²) >= 11 is 12.8. The third kappa shape index (κ3) is 7.84. The Morgan fingerprint density at radius 1 is 0.886 bits per heavy atom. The Labute approximate surface area is 218 Å². The zero-order valence-electron chi connectivity index (χ0n) is 20.6. The van der Waals surface area contributed by atoms with Gasteiger partial charge in [-0.05, 0) is 56.5 Å².